The number of hydrogen-bond donors (Lipinski definition) is 1. The second-order valence-corrected chi connectivity index (χ2v) is 7.51. The van der Waals surface area contributed by atoms with Crippen LogP contribution in [0.5, 0.6) is 0 Å². The van der Waals surface area contributed by atoms with Crippen molar-refractivity contribution in [2.75, 3.05) is 0 Å². The summed E-state index contributed by atoms with van der Waals surface area (Å²) < 4.78 is 45.0. The lowest BCUT2D eigenvalue weighted by Gasteiger charge is -2.22. The van der Waals surface area contributed by atoms with Gasteiger partial charge < -0.3 is 9.52 Å². The van der Waals surface area contributed by atoms with Crippen LogP contribution in [0.3, 0.4) is 0 Å². The molecule has 6 nitrogen and oxygen atoms in total. The van der Waals surface area contributed by atoms with Crippen molar-refractivity contribution in [3.8, 4) is 0 Å². The van der Waals surface area contributed by atoms with E-state index in [-0.39, 0.29) is 22.6 Å². The van der Waals surface area contributed by atoms with Gasteiger partial charge >= 0.3 is 5.97 Å². The molecule has 0 spiro atoms. The molecule has 1 N–H and O–H groups in total. The summed E-state index contributed by atoms with van der Waals surface area (Å²) in [5, 5.41) is 9.21. The summed E-state index contributed by atoms with van der Waals surface area (Å²) in [6, 6.07) is 3.62. The maximum absolute atomic E-state index is 13.2. The van der Waals surface area contributed by atoms with Crippen molar-refractivity contribution in [3.05, 3.63) is 30.1 Å². The Bertz CT molecular complexity index is 890. The number of hydrogen-bond acceptors (Lipinski definition) is 4. The summed E-state index contributed by atoms with van der Waals surface area (Å²) in [7, 11) is -4.05. The topological polar surface area (TPSA) is 87.8 Å². The highest BCUT2D eigenvalue weighted by Gasteiger charge is 2.59. The van der Waals surface area contributed by atoms with Crippen LogP contribution in [0.25, 0.3) is 11.0 Å². The average Bonchev–Trinajstić information content (AvgIpc) is 2.92. The van der Waals surface area contributed by atoms with E-state index in [1.54, 1.807) is 0 Å². The SMILES string of the molecule is O=C(O)[C@@H]1C[C@@H]2C[C@@H]2N1S(=O)(=O)c1cc2cc(F)ccc2o1. The van der Waals surface area contributed by atoms with Crippen LogP contribution in [0.2, 0.25) is 0 Å². The molecule has 8 heteroatoms. The third-order valence-corrected chi connectivity index (χ3v) is 6.11. The molecule has 2 heterocycles. The van der Waals surface area contributed by atoms with E-state index in [0.29, 0.717) is 18.2 Å². The summed E-state index contributed by atoms with van der Waals surface area (Å²) in [4.78, 5) is 11.3. The molecule has 2 fully saturated rings. The Morgan fingerprint density at radius 1 is 1.32 bits per heavy atom. The number of fused-ring (bicyclic) bond motifs is 2. The molecule has 0 unspecified atom stereocenters. The number of benzene rings is 1. The molecule has 116 valence electrons. The fourth-order valence-electron chi connectivity index (χ4n) is 3.19. The van der Waals surface area contributed by atoms with Crippen molar-refractivity contribution in [1.82, 2.24) is 4.31 Å². The molecular formula is C14H12FNO5S. The van der Waals surface area contributed by atoms with Gasteiger partial charge in [-0.2, -0.15) is 4.31 Å². The minimum atomic E-state index is -4.05. The average molecular weight is 325 g/mol. The van der Waals surface area contributed by atoms with Crippen molar-refractivity contribution in [2.24, 2.45) is 5.92 Å². The number of furan rings is 1. The maximum Gasteiger partial charge on any atom is 0.322 e. The molecule has 3 atom stereocenters. The highest BCUT2D eigenvalue weighted by atomic mass is 32.2. The van der Waals surface area contributed by atoms with Gasteiger partial charge in [-0.3, -0.25) is 4.79 Å². The largest absolute Gasteiger partial charge is 0.480 e. The van der Waals surface area contributed by atoms with E-state index >= 15 is 0 Å². The summed E-state index contributed by atoms with van der Waals surface area (Å²) in [6.07, 6.45) is 1.01. The Kier molecular flexibility index (Phi) is 2.68. The highest BCUT2D eigenvalue weighted by molar-refractivity contribution is 7.89. The van der Waals surface area contributed by atoms with Crippen LogP contribution >= 0.6 is 0 Å². The van der Waals surface area contributed by atoms with Gasteiger partial charge in [0.05, 0.1) is 0 Å². The smallest absolute Gasteiger partial charge is 0.322 e. The molecule has 0 amide bonds. The van der Waals surface area contributed by atoms with Gasteiger partial charge in [0.15, 0.2) is 0 Å². The van der Waals surface area contributed by atoms with E-state index in [0.717, 1.165) is 4.31 Å². The van der Waals surface area contributed by atoms with Gasteiger partial charge in [0.25, 0.3) is 10.0 Å². The number of carboxylic acid groups (broad SMARTS) is 1. The molecule has 2 aromatic rings. The Morgan fingerprint density at radius 3 is 2.82 bits per heavy atom. The number of carboxylic acids is 1. The normalized spacial score (nSPS) is 28.0. The van der Waals surface area contributed by atoms with Crippen LogP contribution in [0.4, 0.5) is 4.39 Å². The molecule has 0 radical (unpaired) electrons. The van der Waals surface area contributed by atoms with Gasteiger partial charge in [0.1, 0.15) is 17.4 Å². The lowest BCUT2D eigenvalue weighted by atomic mass is 10.2. The summed E-state index contributed by atoms with van der Waals surface area (Å²) >= 11 is 0. The Hall–Kier alpha value is -1.93. The second kappa shape index (κ2) is 4.30. The molecule has 22 heavy (non-hydrogen) atoms. The molecular weight excluding hydrogens is 313 g/mol. The van der Waals surface area contributed by atoms with E-state index in [1.807, 2.05) is 0 Å². The summed E-state index contributed by atoms with van der Waals surface area (Å²) in [6.45, 7) is 0. The predicted octanol–water partition coefficient (Wildman–Crippen LogP) is 1.81. The minimum Gasteiger partial charge on any atom is -0.480 e. The molecule has 1 aromatic heterocycles. The number of halogens is 1. The highest BCUT2D eigenvalue weighted by Crippen LogP contribution is 2.50. The first-order chi connectivity index (χ1) is 10.4. The monoisotopic (exact) mass is 325 g/mol. The van der Waals surface area contributed by atoms with E-state index in [2.05, 4.69) is 0 Å². The number of nitrogens with zero attached hydrogens (tertiary/aromatic N) is 1. The fourth-order valence-corrected chi connectivity index (χ4v) is 5.00. The van der Waals surface area contributed by atoms with Gasteiger partial charge in [-0.05, 0) is 37.0 Å². The third-order valence-electron chi connectivity index (χ3n) is 4.32. The van der Waals surface area contributed by atoms with Crippen LogP contribution in [-0.2, 0) is 14.8 Å². The Morgan fingerprint density at radius 2 is 2.09 bits per heavy atom. The maximum atomic E-state index is 13.2. The standard InChI is InChI=1S/C14H12FNO5S/c15-9-1-2-12-8(3-9)6-13(21-12)22(19,20)16-10-4-7(10)5-11(16)14(17)18/h1-3,6-7,10-11H,4-5H2,(H,17,18)/t7-,10-,11-/m0/s1. The number of piperidine rings is 1. The zero-order chi connectivity index (χ0) is 15.6. The predicted molar refractivity (Wildman–Crippen MR) is 73.1 cm³/mol. The molecule has 4 rings (SSSR count). The van der Waals surface area contributed by atoms with Gasteiger partial charge in [-0.1, -0.05) is 0 Å². The van der Waals surface area contributed by atoms with Crippen LogP contribution in [0.1, 0.15) is 12.8 Å². The quantitative estimate of drug-likeness (QED) is 0.930. The van der Waals surface area contributed by atoms with Crippen molar-refractivity contribution in [3.63, 3.8) is 0 Å². The first-order valence-electron chi connectivity index (χ1n) is 6.83. The number of sulfonamides is 1. The second-order valence-electron chi connectivity index (χ2n) is 5.74. The van der Waals surface area contributed by atoms with E-state index in [4.69, 9.17) is 4.42 Å². The van der Waals surface area contributed by atoms with Crippen LogP contribution in [0, 0.1) is 11.7 Å². The molecule has 1 saturated heterocycles. The minimum absolute atomic E-state index is 0.109. The summed E-state index contributed by atoms with van der Waals surface area (Å²) in [5.74, 6) is -1.54. The van der Waals surface area contributed by atoms with E-state index < -0.39 is 27.9 Å². The number of rotatable bonds is 3. The molecule has 1 aromatic carbocycles. The van der Waals surface area contributed by atoms with Crippen molar-refractivity contribution in [2.45, 2.75) is 30.0 Å². The van der Waals surface area contributed by atoms with Crippen molar-refractivity contribution >= 4 is 27.0 Å². The van der Waals surface area contributed by atoms with Crippen LogP contribution in [0.15, 0.2) is 33.8 Å². The van der Waals surface area contributed by atoms with E-state index in [1.165, 1.54) is 24.3 Å². The molecule has 2 aliphatic rings. The van der Waals surface area contributed by atoms with E-state index in [9.17, 15) is 22.7 Å². The molecule has 0 bridgehead atoms. The van der Waals surface area contributed by atoms with Gasteiger partial charge in [-0.15, -0.1) is 0 Å². The third kappa shape index (κ3) is 1.87. The summed E-state index contributed by atoms with van der Waals surface area (Å²) in [5.41, 5.74) is 0.249. The zero-order valence-electron chi connectivity index (χ0n) is 11.3. The molecule has 1 aliphatic heterocycles. The molecule has 1 saturated carbocycles. The Balaban J connectivity index is 1.80. The Labute approximate surface area is 125 Å². The fraction of sp³-hybridized carbons (Fsp3) is 0.357. The van der Waals surface area contributed by atoms with Gasteiger partial charge in [-0.25, -0.2) is 12.8 Å². The first kappa shape index (κ1) is 13.7. The lowest BCUT2D eigenvalue weighted by Crippen LogP contribution is -2.42. The van der Waals surface area contributed by atoms with Crippen molar-refractivity contribution in [1.29, 1.82) is 0 Å². The molecule has 1 aliphatic carbocycles. The number of carbonyl (C=O) groups is 1. The zero-order valence-corrected chi connectivity index (χ0v) is 12.1. The van der Waals surface area contributed by atoms with Crippen LogP contribution in [-0.4, -0.2) is 35.9 Å². The lowest BCUT2D eigenvalue weighted by molar-refractivity contribution is -0.141. The number of aliphatic carboxylic acids is 1. The first-order valence-corrected chi connectivity index (χ1v) is 8.27. The van der Waals surface area contributed by atoms with Crippen molar-refractivity contribution < 1.29 is 27.1 Å². The van der Waals surface area contributed by atoms with Crippen LogP contribution < -0.4 is 0 Å². The van der Waals surface area contributed by atoms with Gasteiger partial charge in [0, 0.05) is 17.5 Å². The van der Waals surface area contributed by atoms with Gasteiger partial charge in [0.2, 0.25) is 5.09 Å².